The van der Waals surface area contributed by atoms with Crippen molar-refractivity contribution in [3.63, 3.8) is 0 Å². The third kappa shape index (κ3) is 6.07. The molecule has 0 radical (unpaired) electrons. The van der Waals surface area contributed by atoms with E-state index < -0.39 is 28.5 Å². The largest absolute Gasteiger partial charge is 0.452 e. The molecule has 1 N–H and O–H groups in total. The van der Waals surface area contributed by atoms with Gasteiger partial charge in [-0.05, 0) is 35.9 Å². The Morgan fingerprint density at radius 1 is 1.03 bits per heavy atom. The van der Waals surface area contributed by atoms with Gasteiger partial charge >= 0.3 is 5.97 Å². The van der Waals surface area contributed by atoms with E-state index in [-0.39, 0.29) is 22.0 Å². The summed E-state index contributed by atoms with van der Waals surface area (Å²) >= 11 is 17.8. The van der Waals surface area contributed by atoms with Crippen molar-refractivity contribution >= 4 is 56.7 Å². The van der Waals surface area contributed by atoms with Crippen LogP contribution in [0.25, 0.3) is 0 Å². The molecule has 11 heteroatoms. The van der Waals surface area contributed by atoms with Gasteiger partial charge in [0.25, 0.3) is 5.91 Å². The Labute approximate surface area is 183 Å². The molecule has 0 aliphatic carbocycles. The molecule has 0 bridgehead atoms. The van der Waals surface area contributed by atoms with Crippen LogP contribution in [0, 0.1) is 0 Å². The van der Waals surface area contributed by atoms with Crippen LogP contribution in [0.1, 0.15) is 15.9 Å². The lowest BCUT2D eigenvalue weighted by Gasteiger charge is -2.13. The first-order valence-electron chi connectivity index (χ1n) is 8.12. The van der Waals surface area contributed by atoms with Gasteiger partial charge in [0, 0.05) is 30.7 Å². The second-order valence-electron chi connectivity index (χ2n) is 6.02. The second-order valence-corrected chi connectivity index (χ2v) is 9.42. The van der Waals surface area contributed by atoms with Crippen LogP contribution < -0.4 is 5.32 Å². The Bertz CT molecular complexity index is 1040. The van der Waals surface area contributed by atoms with E-state index in [4.69, 9.17) is 39.5 Å². The summed E-state index contributed by atoms with van der Waals surface area (Å²) in [5, 5.41) is 3.41. The molecule has 0 heterocycles. The van der Waals surface area contributed by atoms with E-state index in [1.807, 2.05) is 0 Å². The normalized spacial score (nSPS) is 11.4. The van der Waals surface area contributed by atoms with Crippen molar-refractivity contribution in [2.75, 3.05) is 20.7 Å². The molecular formula is C18H17Cl3N2O5S. The Balaban J connectivity index is 2.00. The molecule has 0 saturated heterocycles. The van der Waals surface area contributed by atoms with E-state index in [1.165, 1.54) is 26.2 Å². The molecule has 1 amide bonds. The number of carbonyl (C=O) groups excluding carboxylic acids is 2. The van der Waals surface area contributed by atoms with Crippen LogP contribution in [-0.4, -0.2) is 45.3 Å². The standard InChI is InChI=1S/C18H17Cl3N2O5S/c1-23(2)29(26,27)13-5-6-15(20)14(8-13)18(25)28-10-17(24)22-9-11-3-4-12(19)7-16(11)21/h3-8H,9-10H2,1-2H3,(H,22,24). The fourth-order valence-electron chi connectivity index (χ4n) is 2.15. The van der Waals surface area contributed by atoms with Gasteiger partial charge in [-0.1, -0.05) is 40.9 Å². The molecule has 7 nitrogen and oxygen atoms in total. The molecule has 0 saturated carbocycles. The van der Waals surface area contributed by atoms with Crippen molar-refractivity contribution in [3.8, 4) is 0 Å². The van der Waals surface area contributed by atoms with Crippen molar-refractivity contribution in [3.05, 3.63) is 62.6 Å². The molecule has 0 spiro atoms. The van der Waals surface area contributed by atoms with E-state index in [0.717, 1.165) is 10.4 Å². The summed E-state index contributed by atoms with van der Waals surface area (Å²) in [4.78, 5) is 24.1. The van der Waals surface area contributed by atoms with Crippen LogP contribution in [-0.2, 0) is 26.1 Å². The minimum Gasteiger partial charge on any atom is -0.452 e. The van der Waals surface area contributed by atoms with Crippen LogP contribution in [0.4, 0.5) is 0 Å². The number of sulfonamides is 1. The predicted octanol–water partition coefficient (Wildman–Crippen LogP) is 3.37. The van der Waals surface area contributed by atoms with Gasteiger partial charge in [0.05, 0.1) is 15.5 Å². The van der Waals surface area contributed by atoms with Crippen molar-refractivity contribution in [1.82, 2.24) is 9.62 Å². The SMILES string of the molecule is CN(C)S(=O)(=O)c1ccc(Cl)c(C(=O)OCC(=O)NCc2ccc(Cl)cc2Cl)c1. The number of nitrogens with zero attached hydrogens (tertiary/aromatic N) is 1. The van der Waals surface area contributed by atoms with Crippen molar-refractivity contribution in [2.24, 2.45) is 0 Å². The summed E-state index contributed by atoms with van der Waals surface area (Å²) in [5.74, 6) is -1.50. The number of ether oxygens (including phenoxy) is 1. The number of esters is 1. The molecule has 0 aromatic heterocycles. The zero-order valence-electron chi connectivity index (χ0n) is 15.4. The number of amides is 1. The lowest BCUT2D eigenvalue weighted by Crippen LogP contribution is -2.28. The summed E-state index contributed by atoms with van der Waals surface area (Å²) in [5.41, 5.74) is 0.475. The van der Waals surface area contributed by atoms with E-state index in [0.29, 0.717) is 15.6 Å². The highest BCUT2D eigenvalue weighted by Crippen LogP contribution is 2.23. The molecule has 2 aromatic rings. The minimum absolute atomic E-state index is 0.000982. The van der Waals surface area contributed by atoms with Gasteiger partial charge in [-0.3, -0.25) is 4.79 Å². The Hall–Kier alpha value is -1.84. The maximum Gasteiger partial charge on any atom is 0.340 e. The molecule has 0 aliphatic heterocycles. The van der Waals surface area contributed by atoms with Gasteiger partial charge < -0.3 is 10.1 Å². The lowest BCUT2D eigenvalue weighted by molar-refractivity contribution is -0.124. The topological polar surface area (TPSA) is 92.8 Å². The first kappa shape index (κ1) is 23.4. The van der Waals surface area contributed by atoms with Crippen molar-refractivity contribution in [1.29, 1.82) is 0 Å². The number of halogens is 3. The number of hydrogen-bond acceptors (Lipinski definition) is 5. The summed E-state index contributed by atoms with van der Waals surface area (Å²) in [6.45, 7) is -0.464. The van der Waals surface area contributed by atoms with Crippen LogP contribution in [0.5, 0.6) is 0 Å². The molecule has 29 heavy (non-hydrogen) atoms. The fraction of sp³-hybridized carbons (Fsp3) is 0.222. The highest BCUT2D eigenvalue weighted by atomic mass is 35.5. The van der Waals surface area contributed by atoms with Crippen LogP contribution in [0.2, 0.25) is 15.1 Å². The number of hydrogen-bond donors (Lipinski definition) is 1. The zero-order chi connectivity index (χ0) is 21.8. The van der Waals surface area contributed by atoms with Crippen molar-refractivity contribution < 1.29 is 22.7 Å². The monoisotopic (exact) mass is 478 g/mol. The highest BCUT2D eigenvalue weighted by molar-refractivity contribution is 7.89. The summed E-state index contributed by atoms with van der Waals surface area (Å²) < 4.78 is 30.3. The summed E-state index contributed by atoms with van der Waals surface area (Å²) in [6, 6.07) is 8.49. The van der Waals surface area contributed by atoms with Gasteiger partial charge in [-0.25, -0.2) is 17.5 Å². The number of rotatable bonds is 7. The molecular weight excluding hydrogens is 463 g/mol. The third-order valence-electron chi connectivity index (χ3n) is 3.76. The Morgan fingerprint density at radius 2 is 1.72 bits per heavy atom. The predicted molar refractivity (Wildman–Crippen MR) is 111 cm³/mol. The number of carbonyl (C=O) groups is 2. The highest BCUT2D eigenvalue weighted by Gasteiger charge is 2.22. The van der Waals surface area contributed by atoms with Crippen LogP contribution >= 0.6 is 34.8 Å². The number of benzene rings is 2. The second kappa shape index (κ2) is 9.77. The maximum absolute atomic E-state index is 12.3. The first-order valence-corrected chi connectivity index (χ1v) is 10.7. The zero-order valence-corrected chi connectivity index (χ0v) is 18.5. The van der Waals surface area contributed by atoms with Crippen LogP contribution in [0.3, 0.4) is 0 Å². The summed E-state index contributed by atoms with van der Waals surface area (Å²) in [7, 11) is -1.04. The molecule has 0 atom stereocenters. The van der Waals surface area contributed by atoms with Gasteiger partial charge in [0.1, 0.15) is 0 Å². The molecule has 0 aliphatic rings. The van der Waals surface area contributed by atoms with E-state index in [2.05, 4.69) is 5.32 Å². The Kier molecular flexibility index (Phi) is 7.90. The van der Waals surface area contributed by atoms with Crippen molar-refractivity contribution in [2.45, 2.75) is 11.4 Å². The minimum atomic E-state index is -3.76. The third-order valence-corrected chi connectivity index (χ3v) is 6.49. The number of nitrogens with one attached hydrogen (secondary N) is 1. The quantitative estimate of drug-likeness (QED) is 0.615. The van der Waals surface area contributed by atoms with Gasteiger partial charge in [-0.2, -0.15) is 0 Å². The van der Waals surface area contributed by atoms with E-state index in [1.54, 1.807) is 18.2 Å². The Morgan fingerprint density at radius 3 is 2.34 bits per heavy atom. The lowest BCUT2D eigenvalue weighted by atomic mass is 10.2. The van der Waals surface area contributed by atoms with Gasteiger partial charge in [0.2, 0.25) is 10.0 Å². The van der Waals surface area contributed by atoms with E-state index >= 15 is 0 Å². The molecule has 0 unspecified atom stereocenters. The van der Waals surface area contributed by atoms with E-state index in [9.17, 15) is 18.0 Å². The van der Waals surface area contributed by atoms with Gasteiger partial charge in [0.15, 0.2) is 6.61 Å². The van der Waals surface area contributed by atoms with Crippen LogP contribution in [0.15, 0.2) is 41.3 Å². The average molecular weight is 480 g/mol. The van der Waals surface area contributed by atoms with Gasteiger partial charge in [-0.15, -0.1) is 0 Å². The maximum atomic E-state index is 12.3. The molecule has 2 rings (SSSR count). The smallest absolute Gasteiger partial charge is 0.340 e. The first-order chi connectivity index (χ1) is 13.5. The fourth-order valence-corrected chi connectivity index (χ4v) is 3.75. The average Bonchev–Trinajstić information content (AvgIpc) is 2.65. The summed E-state index contributed by atoms with van der Waals surface area (Å²) in [6.07, 6.45) is 0. The molecule has 2 aromatic carbocycles. The molecule has 0 fully saturated rings. The molecule has 156 valence electrons.